The second-order valence-corrected chi connectivity index (χ2v) is 5.87. The van der Waals surface area contributed by atoms with Gasteiger partial charge < -0.3 is 15.2 Å². The van der Waals surface area contributed by atoms with Crippen LogP contribution < -0.4 is 15.2 Å². The van der Waals surface area contributed by atoms with Gasteiger partial charge in [0.2, 0.25) is 0 Å². The first-order valence-electron chi connectivity index (χ1n) is 7.17. The minimum Gasteiger partial charge on any atom is -0.493 e. The third-order valence-electron chi connectivity index (χ3n) is 4.95. The molecule has 4 nitrogen and oxygen atoms in total. The number of carbonyl (C=O) groups is 1. The molecule has 0 spiro atoms. The average molecular weight is 275 g/mol. The van der Waals surface area contributed by atoms with E-state index in [-0.39, 0.29) is 17.7 Å². The van der Waals surface area contributed by atoms with Gasteiger partial charge in [0.25, 0.3) is 0 Å². The molecule has 2 saturated carbocycles. The summed E-state index contributed by atoms with van der Waals surface area (Å²) in [5, 5.41) is 0. The van der Waals surface area contributed by atoms with Crippen LogP contribution in [0.1, 0.15) is 29.6 Å². The van der Waals surface area contributed by atoms with Crippen LogP contribution in [0.2, 0.25) is 0 Å². The van der Waals surface area contributed by atoms with E-state index in [2.05, 4.69) is 0 Å². The highest BCUT2D eigenvalue weighted by molar-refractivity contribution is 5.99. The lowest BCUT2D eigenvalue weighted by atomic mass is 9.80. The van der Waals surface area contributed by atoms with Gasteiger partial charge in [-0.1, -0.05) is 0 Å². The molecule has 108 valence electrons. The first kappa shape index (κ1) is 13.4. The molecule has 0 radical (unpaired) electrons. The van der Waals surface area contributed by atoms with E-state index in [0.717, 1.165) is 12.8 Å². The fourth-order valence-electron chi connectivity index (χ4n) is 3.91. The molecule has 4 unspecified atom stereocenters. The Bertz CT molecular complexity index is 526. The topological polar surface area (TPSA) is 61.5 Å². The number of hydrogen-bond acceptors (Lipinski definition) is 4. The molecule has 0 heterocycles. The Morgan fingerprint density at radius 3 is 2.45 bits per heavy atom. The van der Waals surface area contributed by atoms with Gasteiger partial charge in [-0.3, -0.25) is 4.79 Å². The lowest BCUT2D eigenvalue weighted by Gasteiger charge is -2.27. The number of benzene rings is 1. The van der Waals surface area contributed by atoms with Crippen LogP contribution in [0.15, 0.2) is 18.2 Å². The standard InChI is InChI=1S/C16H21NO3/c1-19-12-6-5-11(8-13(12)20-2)16(18)14-9-3-4-10(7-9)15(14)17/h5-6,8-10,14-15H,3-4,7,17H2,1-2H3. The molecule has 2 aliphatic carbocycles. The van der Waals surface area contributed by atoms with E-state index >= 15 is 0 Å². The van der Waals surface area contributed by atoms with Crippen molar-refractivity contribution in [3.05, 3.63) is 23.8 Å². The number of rotatable bonds is 4. The average Bonchev–Trinajstić information content (AvgIpc) is 3.06. The van der Waals surface area contributed by atoms with Gasteiger partial charge in [-0.15, -0.1) is 0 Å². The minimum atomic E-state index is -0.0214. The van der Waals surface area contributed by atoms with Crippen molar-refractivity contribution in [2.24, 2.45) is 23.5 Å². The molecule has 1 aromatic rings. The van der Waals surface area contributed by atoms with Gasteiger partial charge in [0.1, 0.15) is 0 Å². The van der Waals surface area contributed by atoms with E-state index < -0.39 is 0 Å². The molecule has 2 bridgehead atoms. The van der Waals surface area contributed by atoms with Crippen LogP contribution in [0.3, 0.4) is 0 Å². The fourth-order valence-corrected chi connectivity index (χ4v) is 3.91. The SMILES string of the molecule is COc1ccc(C(=O)C2C3CCC(C3)C2N)cc1OC. The number of ketones is 1. The number of carbonyl (C=O) groups excluding carboxylic acids is 1. The minimum absolute atomic E-state index is 0.0214. The van der Waals surface area contributed by atoms with Crippen molar-refractivity contribution < 1.29 is 14.3 Å². The van der Waals surface area contributed by atoms with E-state index in [4.69, 9.17) is 15.2 Å². The van der Waals surface area contributed by atoms with E-state index in [9.17, 15) is 4.79 Å². The molecule has 20 heavy (non-hydrogen) atoms. The highest BCUT2D eigenvalue weighted by Gasteiger charge is 2.49. The maximum Gasteiger partial charge on any atom is 0.167 e. The monoisotopic (exact) mass is 275 g/mol. The number of hydrogen-bond donors (Lipinski definition) is 1. The Labute approximate surface area is 119 Å². The first-order chi connectivity index (χ1) is 9.65. The number of nitrogens with two attached hydrogens (primary N) is 1. The van der Waals surface area contributed by atoms with Crippen LogP contribution in [0, 0.1) is 17.8 Å². The molecule has 3 rings (SSSR count). The molecular formula is C16H21NO3. The lowest BCUT2D eigenvalue weighted by Crippen LogP contribution is -2.40. The van der Waals surface area contributed by atoms with Gasteiger partial charge in [0.05, 0.1) is 14.2 Å². The van der Waals surface area contributed by atoms with E-state index in [1.807, 2.05) is 6.07 Å². The zero-order chi connectivity index (χ0) is 14.3. The number of methoxy groups -OCH3 is 2. The summed E-state index contributed by atoms with van der Waals surface area (Å²) in [7, 11) is 3.17. The van der Waals surface area contributed by atoms with E-state index in [1.54, 1.807) is 26.4 Å². The first-order valence-corrected chi connectivity index (χ1v) is 7.17. The number of fused-ring (bicyclic) bond motifs is 2. The smallest absolute Gasteiger partial charge is 0.167 e. The maximum absolute atomic E-state index is 12.7. The van der Waals surface area contributed by atoms with Crippen molar-refractivity contribution in [1.82, 2.24) is 0 Å². The van der Waals surface area contributed by atoms with Crippen LogP contribution in [0.25, 0.3) is 0 Å². The Kier molecular flexibility index (Phi) is 3.42. The zero-order valence-corrected chi connectivity index (χ0v) is 12.0. The quantitative estimate of drug-likeness (QED) is 0.856. The second kappa shape index (κ2) is 5.09. The summed E-state index contributed by atoms with van der Waals surface area (Å²) in [4.78, 5) is 12.7. The summed E-state index contributed by atoms with van der Waals surface area (Å²) in [5.74, 6) is 2.37. The van der Waals surface area contributed by atoms with E-state index in [1.165, 1.54) is 6.42 Å². The Balaban J connectivity index is 1.87. The predicted molar refractivity (Wildman–Crippen MR) is 76.2 cm³/mol. The fraction of sp³-hybridized carbons (Fsp3) is 0.562. The third-order valence-corrected chi connectivity index (χ3v) is 4.95. The lowest BCUT2D eigenvalue weighted by molar-refractivity contribution is 0.0856. The van der Waals surface area contributed by atoms with Crippen LogP contribution in [-0.4, -0.2) is 26.0 Å². The molecule has 0 saturated heterocycles. The number of ether oxygens (including phenoxy) is 2. The summed E-state index contributed by atoms with van der Waals surface area (Å²) < 4.78 is 10.5. The number of Topliss-reactive ketones (excluding diaryl/α,β-unsaturated/α-hetero) is 1. The molecule has 1 aromatic carbocycles. The van der Waals surface area contributed by atoms with Crippen LogP contribution >= 0.6 is 0 Å². The van der Waals surface area contributed by atoms with E-state index in [0.29, 0.717) is 28.9 Å². The third kappa shape index (κ3) is 1.99. The van der Waals surface area contributed by atoms with Gasteiger partial charge in [0.15, 0.2) is 17.3 Å². The molecule has 0 aromatic heterocycles. The second-order valence-electron chi connectivity index (χ2n) is 5.87. The summed E-state index contributed by atoms with van der Waals surface area (Å²) in [6.07, 6.45) is 3.44. The highest BCUT2D eigenvalue weighted by atomic mass is 16.5. The molecule has 0 aliphatic heterocycles. The molecule has 2 fully saturated rings. The van der Waals surface area contributed by atoms with Crippen LogP contribution in [0.4, 0.5) is 0 Å². The van der Waals surface area contributed by atoms with Gasteiger partial charge >= 0.3 is 0 Å². The van der Waals surface area contributed by atoms with Crippen molar-refractivity contribution in [1.29, 1.82) is 0 Å². The molecule has 4 heteroatoms. The predicted octanol–water partition coefficient (Wildman–Crippen LogP) is 2.26. The van der Waals surface area contributed by atoms with Crippen molar-refractivity contribution in [2.45, 2.75) is 25.3 Å². The Morgan fingerprint density at radius 2 is 1.85 bits per heavy atom. The highest BCUT2D eigenvalue weighted by Crippen LogP contribution is 2.48. The van der Waals surface area contributed by atoms with Gasteiger partial charge in [-0.25, -0.2) is 0 Å². The summed E-state index contributed by atoms with van der Waals surface area (Å²) in [5.41, 5.74) is 6.93. The van der Waals surface area contributed by atoms with Crippen molar-refractivity contribution >= 4 is 5.78 Å². The van der Waals surface area contributed by atoms with Crippen molar-refractivity contribution in [3.8, 4) is 11.5 Å². The Hall–Kier alpha value is -1.55. The summed E-state index contributed by atoms with van der Waals surface area (Å²) in [6.45, 7) is 0. The van der Waals surface area contributed by atoms with Crippen LogP contribution in [0.5, 0.6) is 11.5 Å². The summed E-state index contributed by atoms with van der Waals surface area (Å²) in [6, 6.07) is 5.38. The normalized spacial score (nSPS) is 31.4. The van der Waals surface area contributed by atoms with Gasteiger partial charge in [-0.05, 0) is 49.3 Å². The van der Waals surface area contributed by atoms with Gasteiger partial charge in [-0.2, -0.15) is 0 Å². The zero-order valence-electron chi connectivity index (χ0n) is 12.0. The van der Waals surface area contributed by atoms with Crippen molar-refractivity contribution in [2.75, 3.05) is 14.2 Å². The van der Waals surface area contributed by atoms with Gasteiger partial charge in [0, 0.05) is 17.5 Å². The van der Waals surface area contributed by atoms with Crippen LogP contribution in [-0.2, 0) is 0 Å². The largest absolute Gasteiger partial charge is 0.493 e. The summed E-state index contributed by atoms with van der Waals surface area (Å²) >= 11 is 0. The van der Waals surface area contributed by atoms with Crippen molar-refractivity contribution in [3.63, 3.8) is 0 Å². The molecule has 0 amide bonds. The molecule has 2 N–H and O–H groups in total. The molecular weight excluding hydrogens is 254 g/mol. The molecule has 4 atom stereocenters. The maximum atomic E-state index is 12.7. The molecule has 2 aliphatic rings. The Morgan fingerprint density at radius 1 is 1.15 bits per heavy atom.